The van der Waals surface area contributed by atoms with Crippen LogP contribution in [0.3, 0.4) is 0 Å². The molecule has 1 aromatic rings. The Morgan fingerprint density at radius 3 is 3.06 bits per heavy atom. The highest BCUT2D eigenvalue weighted by Crippen LogP contribution is 2.20. The SMILES string of the molecule is CCCc1nc(C(=O)N2CCCC(CC)C2)n[nH]1. The zero-order valence-corrected chi connectivity index (χ0v) is 11.3. The van der Waals surface area contributed by atoms with Gasteiger partial charge < -0.3 is 4.90 Å². The van der Waals surface area contributed by atoms with Gasteiger partial charge in [-0.3, -0.25) is 9.89 Å². The number of hydrogen-bond donors (Lipinski definition) is 1. The van der Waals surface area contributed by atoms with E-state index in [0.717, 1.165) is 44.6 Å². The minimum Gasteiger partial charge on any atom is -0.336 e. The number of carbonyl (C=O) groups excluding carboxylic acids is 1. The molecule has 5 heteroatoms. The Bertz CT molecular complexity index is 401. The summed E-state index contributed by atoms with van der Waals surface area (Å²) in [6.45, 7) is 5.96. The summed E-state index contributed by atoms with van der Waals surface area (Å²) in [5.41, 5.74) is 0. The van der Waals surface area contributed by atoms with Crippen molar-refractivity contribution in [3.63, 3.8) is 0 Å². The Hall–Kier alpha value is -1.39. The van der Waals surface area contributed by atoms with Crippen molar-refractivity contribution in [2.75, 3.05) is 13.1 Å². The number of aromatic amines is 1. The number of amides is 1. The number of H-pyrrole nitrogens is 1. The molecule has 1 saturated heterocycles. The van der Waals surface area contributed by atoms with Crippen molar-refractivity contribution in [1.82, 2.24) is 20.1 Å². The highest BCUT2D eigenvalue weighted by molar-refractivity contribution is 5.90. The van der Waals surface area contributed by atoms with Gasteiger partial charge in [0.2, 0.25) is 5.82 Å². The number of carbonyl (C=O) groups is 1. The van der Waals surface area contributed by atoms with Crippen molar-refractivity contribution in [2.45, 2.75) is 46.0 Å². The molecule has 1 atom stereocenters. The van der Waals surface area contributed by atoms with Crippen LogP contribution in [0.2, 0.25) is 0 Å². The minimum absolute atomic E-state index is 0.0215. The van der Waals surface area contributed by atoms with Crippen LogP contribution in [0.1, 0.15) is 56.0 Å². The minimum atomic E-state index is -0.0215. The van der Waals surface area contributed by atoms with E-state index in [1.54, 1.807) is 0 Å². The van der Waals surface area contributed by atoms with E-state index in [1.807, 2.05) is 4.90 Å². The molecule has 0 spiro atoms. The largest absolute Gasteiger partial charge is 0.336 e. The standard InChI is InChI=1S/C13H22N4O/c1-3-6-11-14-12(16-15-11)13(18)17-8-5-7-10(4-2)9-17/h10H,3-9H2,1-2H3,(H,14,15,16). The van der Waals surface area contributed by atoms with Crippen molar-refractivity contribution in [3.8, 4) is 0 Å². The summed E-state index contributed by atoms with van der Waals surface area (Å²) in [5, 5.41) is 6.88. The van der Waals surface area contributed by atoms with E-state index in [-0.39, 0.29) is 5.91 Å². The lowest BCUT2D eigenvalue weighted by Gasteiger charge is -2.31. The van der Waals surface area contributed by atoms with E-state index in [9.17, 15) is 4.79 Å². The maximum Gasteiger partial charge on any atom is 0.293 e. The van der Waals surface area contributed by atoms with Crippen LogP contribution in [-0.4, -0.2) is 39.1 Å². The third-order valence-electron chi connectivity index (χ3n) is 3.59. The summed E-state index contributed by atoms with van der Waals surface area (Å²) >= 11 is 0. The number of nitrogens with one attached hydrogen (secondary N) is 1. The van der Waals surface area contributed by atoms with E-state index < -0.39 is 0 Å². The Morgan fingerprint density at radius 1 is 1.50 bits per heavy atom. The van der Waals surface area contributed by atoms with Crippen LogP contribution in [0, 0.1) is 5.92 Å². The molecule has 0 saturated carbocycles. The zero-order valence-electron chi connectivity index (χ0n) is 11.3. The highest BCUT2D eigenvalue weighted by atomic mass is 16.2. The van der Waals surface area contributed by atoms with Gasteiger partial charge in [0.15, 0.2) is 0 Å². The molecule has 5 nitrogen and oxygen atoms in total. The Morgan fingerprint density at radius 2 is 2.33 bits per heavy atom. The van der Waals surface area contributed by atoms with Crippen LogP contribution in [0.4, 0.5) is 0 Å². The van der Waals surface area contributed by atoms with Gasteiger partial charge in [-0.15, -0.1) is 5.10 Å². The topological polar surface area (TPSA) is 61.9 Å². The first-order valence-electron chi connectivity index (χ1n) is 6.95. The van der Waals surface area contributed by atoms with Gasteiger partial charge >= 0.3 is 0 Å². The monoisotopic (exact) mass is 250 g/mol. The predicted octanol–water partition coefficient (Wildman–Crippen LogP) is 2.02. The fraction of sp³-hybridized carbons (Fsp3) is 0.769. The molecule has 0 aromatic carbocycles. The number of piperidine rings is 1. The molecule has 1 amide bonds. The van der Waals surface area contributed by atoms with Crippen LogP contribution in [-0.2, 0) is 6.42 Å². The van der Waals surface area contributed by atoms with Crippen molar-refractivity contribution in [1.29, 1.82) is 0 Å². The molecule has 2 heterocycles. The smallest absolute Gasteiger partial charge is 0.293 e. The predicted molar refractivity (Wildman–Crippen MR) is 69.3 cm³/mol. The summed E-state index contributed by atoms with van der Waals surface area (Å²) in [5.74, 6) is 1.75. The van der Waals surface area contributed by atoms with Gasteiger partial charge in [-0.05, 0) is 25.2 Å². The molecule has 100 valence electrons. The summed E-state index contributed by atoms with van der Waals surface area (Å²) in [6, 6.07) is 0. The van der Waals surface area contributed by atoms with Crippen LogP contribution in [0.25, 0.3) is 0 Å². The number of nitrogens with zero attached hydrogens (tertiary/aromatic N) is 3. The zero-order chi connectivity index (χ0) is 13.0. The first kappa shape index (κ1) is 13.1. The molecular formula is C13H22N4O. The molecule has 1 unspecified atom stereocenters. The molecule has 18 heavy (non-hydrogen) atoms. The first-order chi connectivity index (χ1) is 8.74. The van der Waals surface area contributed by atoms with Crippen LogP contribution in [0.15, 0.2) is 0 Å². The van der Waals surface area contributed by atoms with E-state index in [4.69, 9.17) is 0 Å². The highest BCUT2D eigenvalue weighted by Gasteiger charge is 2.25. The molecule has 2 rings (SSSR count). The molecular weight excluding hydrogens is 228 g/mol. The lowest BCUT2D eigenvalue weighted by molar-refractivity contribution is 0.0659. The van der Waals surface area contributed by atoms with Crippen LogP contribution < -0.4 is 0 Å². The number of likely N-dealkylation sites (tertiary alicyclic amines) is 1. The van der Waals surface area contributed by atoms with Gasteiger partial charge in [-0.25, -0.2) is 4.98 Å². The third kappa shape index (κ3) is 2.89. The average Bonchev–Trinajstić information content (AvgIpc) is 2.87. The molecule has 1 fully saturated rings. The fourth-order valence-corrected chi connectivity index (χ4v) is 2.46. The third-order valence-corrected chi connectivity index (χ3v) is 3.59. The second-order valence-corrected chi connectivity index (χ2v) is 5.02. The Kier molecular flexibility index (Phi) is 4.33. The number of rotatable bonds is 4. The average molecular weight is 250 g/mol. The van der Waals surface area contributed by atoms with E-state index >= 15 is 0 Å². The van der Waals surface area contributed by atoms with Gasteiger partial charge in [-0.2, -0.15) is 0 Å². The number of hydrogen-bond acceptors (Lipinski definition) is 3. The quantitative estimate of drug-likeness (QED) is 0.889. The molecule has 0 bridgehead atoms. The fourth-order valence-electron chi connectivity index (χ4n) is 2.46. The van der Waals surface area contributed by atoms with Crippen LogP contribution >= 0.6 is 0 Å². The maximum absolute atomic E-state index is 12.3. The van der Waals surface area contributed by atoms with Crippen molar-refractivity contribution in [3.05, 3.63) is 11.6 Å². The van der Waals surface area contributed by atoms with Crippen molar-refractivity contribution < 1.29 is 4.79 Å². The van der Waals surface area contributed by atoms with Crippen molar-refractivity contribution >= 4 is 5.91 Å². The van der Waals surface area contributed by atoms with E-state index in [0.29, 0.717) is 11.7 Å². The van der Waals surface area contributed by atoms with Crippen molar-refractivity contribution in [2.24, 2.45) is 5.92 Å². The Labute approximate surface area is 108 Å². The summed E-state index contributed by atoms with van der Waals surface area (Å²) < 4.78 is 0. The van der Waals surface area contributed by atoms with Gasteiger partial charge in [-0.1, -0.05) is 20.3 Å². The summed E-state index contributed by atoms with van der Waals surface area (Å²) in [4.78, 5) is 18.4. The molecule has 1 aliphatic rings. The molecule has 1 N–H and O–H groups in total. The van der Waals surface area contributed by atoms with Crippen LogP contribution in [0.5, 0.6) is 0 Å². The van der Waals surface area contributed by atoms with Gasteiger partial charge in [0.1, 0.15) is 5.82 Å². The Balaban J connectivity index is 2.00. The molecule has 0 aliphatic carbocycles. The van der Waals surface area contributed by atoms with Gasteiger partial charge in [0.25, 0.3) is 5.91 Å². The second-order valence-electron chi connectivity index (χ2n) is 5.02. The lowest BCUT2D eigenvalue weighted by atomic mass is 9.95. The van der Waals surface area contributed by atoms with E-state index in [2.05, 4.69) is 29.0 Å². The van der Waals surface area contributed by atoms with Gasteiger partial charge in [0, 0.05) is 19.5 Å². The summed E-state index contributed by atoms with van der Waals surface area (Å²) in [6.07, 6.45) is 5.31. The normalized spacial score (nSPS) is 20.1. The first-order valence-corrected chi connectivity index (χ1v) is 6.95. The van der Waals surface area contributed by atoms with E-state index in [1.165, 1.54) is 6.42 Å². The van der Waals surface area contributed by atoms with Gasteiger partial charge in [0.05, 0.1) is 0 Å². The summed E-state index contributed by atoms with van der Waals surface area (Å²) in [7, 11) is 0. The maximum atomic E-state index is 12.3. The molecule has 0 radical (unpaired) electrons. The molecule has 1 aliphatic heterocycles. The molecule has 1 aromatic heterocycles. The number of aromatic nitrogens is 3. The lowest BCUT2D eigenvalue weighted by Crippen LogP contribution is -2.40. The second kappa shape index (κ2) is 5.98. The number of aryl methyl sites for hydroxylation is 1.